The quantitative estimate of drug-likeness (QED) is 0.665. The molecule has 0 amide bonds. The van der Waals surface area contributed by atoms with Gasteiger partial charge in [-0.05, 0) is 13.0 Å². The Kier molecular flexibility index (Phi) is 1.73. The summed E-state index contributed by atoms with van der Waals surface area (Å²) in [5, 5.41) is 0. The lowest BCUT2D eigenvalue weighted by Gasteiger charge is -2.13. The summed E-state index contributed by atoms with van der Waals surface area (Å²) >= 11 is 0. The zero-order chi connectivity index (χ0) is 8.55. The standard InChI is InChI=1S/C9H12N2O/c1-6(10)9-4-7-5-11-3-2-8(7)12-9/h2-3,5-6,9H,4,10H2,1H3. The monoisotopic (exact) mass is 164 g/mol. The summed E-state index contributed by atoms with van der Waals surface area (Å²) < 4.78 is 5.60. The van der Waals surface area contributed by atoms with Crippen molar-refractivity contribution in [3.8, 4) is 5.75 Å². The second-order valence-electron chi connectivity index (χ2n) is 3.20. The van der Waals surface area contributed by atoms with Crippen LogP contribution in [0.25, 0.3) is 0 Å². The van der Waals surface area contributed by atoms with Crippen LogP contribution >= 0.6 is 0 Å². The second-order valence-corrected chi connectivity index (χ2v) is 3.20. The minimum Gasteiger partial charge on any atom is -0.488 e. The molecule has 2 atom stereocenters. The highest BCUT2D eigenvalue weighted by molar-refractivity contribution is 5.34. The Bertz CT molecular complexity index is 261. The third-order valence-electron chi connectivity index (χ3n) is 2.14. The molecule has 2 heterocycles. The maximum atomic E-state index is 5.73. The van der Waals surface area contributed by atoms with Gasteiger partial charge in [-0.3, -0.25) is 4.98 Å². The summed E-state index contributed by atoms with van der Waals surface area (Å²) in [7, 11) is 0. The fourth-order valence-electron chi connectivity index (χ4n) is 1.40. The van der Waals surface area contributed by atoms with Gasteiger partial charge in [-0.25, -0.2) is 0 Å². The first-order chi connectivity index (χ1) is 5.77. The Morgan fingerprint density at radius 3 is 3.25 bits per heavy atom. The average molecular weight is 164 g/mol. The fraction of sp³-hybridized carbons (Fsp3) is 0.444. The van der Waals surface area contributed by atoms with E-state index in [0.29, 0.717) is 0 Å². The number of pyridine rings is 1. The van der Waals surface area contributed by atoms with Crippen molar-refractivity contribution < 1.29 is 4.74 Å². The van der Waals surface area contributed by atoms with Gasteiger partial charge >= 0.3 is 0 Å². The van der Waals surface area contributed by atoms with Crippen LogP contribution < -0.4 is 10.5 Å². The SMILES string of the molecule is CC(N)C1Cc2cnccc2O1. The van der Waals surface area contributed by atoms with Crippen LogP contribution in [0.2, 0.25) is 0 Å². The van der Waals surface area contributed by atoms with Crippen molar-refractivity contribution in [2.45, 2.75) is 25.5 Å². The molecular formula is C9H12N2O. The molecule has 2 N–H and O–H groups in total. The first-order valence-corrected chi connectivity index (χ1v) is 4.12. The van der Waals surface area contributed by atoms with Crippen molar-refractivity contribution >= 4 is 0 Å². The van der Waals surface area contributed by atoms with Gasteiger partial charge in [0.15, 0.2) is 0 Å². The Morgan fingerprint density at radius 2 is 2.58 bits per heavy atom. The first-order valence-electron chi connectivity index (χ1n) is 4.12. The number of hydrogen-bond acceptors (Lipinski definition) is 3. The summed E-state index contributed by atoms with van der Waals surface area (Å²) in [4.78, 5) is 4.03. The maximum absolute atomic E-state index is 5.73. The van der Waals surface area contributed by atoms with Crippen LogP contribution in [0.1, 0.15) is 12.5 Å². The van der Waals surface area contributed by atoms with Gasteiger partial charge in [0.1, 0.15) is 11.9 Å². The zero-order valence-electron chi connectivity index (χ0n) is 7.03. The predicted molar refractivity (Wildman–Crippen MR) is 46.0 cm³/mol. The van der Waals surface area contributed by atoms with Crippen molar-refractivity contribution in [3.05, 3.63) is 24.0 Å². The van der Waals surface area contributed by atoms with Crippen LogP contribution in [0.3, 0.4) is 0 Å². The lowest BCUT2D eigenvalue weighted by Crippen LogP contribution is -2.34. The molecular weight excluding hydrogens is 152 g/mol. The van der Waals surface area contributed by atoms with E-state index in [9.17, 15) is 0 Å². The highest BCUT2D eigenvalue weighted by Crippen LogP contribution is 2.27. The Labute approximate surface area is 71.6 Å². The third kappa shape index (κ3) is 1.16. The van der Waals surface area contributed by atoms with Gasteiger partial charge in [0.25, 0.3) is 0 Å². The van der Waals surface area contributed by atoms with E-state index < -0.39 is 0 Å². The average Bonchev–Trinajstić information content (AvgIpc) is 2.46. The van der Waals surface area contributed by atoms with E-state index in [1.807, 2.05) is 19.2 Å². The number of rotatable bonds is 1. The molecule has 0 fully saturated rings. The van der Waals surface area contributed by atoms with Crippen molar-refractivity contribution in [1.82, 2.24) is 4.98 Å². The Hall–Kier alpha value is -1.09. The number of nitrogens with two attached hydrogens (primary N) is 1. The van der Waals surface area contributed by atoms with E-state index in [2.05, 4.69) is 4.98 Å². The summed E-state index contributed by atoms with van der Waals surface area (Å²) in [5.74, 6) is 0.937. The molecule has 1 aliphatic rings. The van der Waals surface area contributed by atoms with Crippen LogP contribution in [-0.2, 0) is 6.42 Å². The number of ether oxygens (including phenoxy) is 1. The van der Waals surface area contributed by atoms with Crippen LogP contribution in [0.5, 0.6) is 5.75 Å². The Morgan fingerprint density at radius 1 is 1.75 bits per heavy atom. The number of fused-ring (bicyclic) bond motifs is 1. The highest BCUT2D eigenvalue weighted by Gasteiger charge is 2.25. The van der Waals surface area contributed by atoms with E-state index in [1.165, 1.54) is 5.56 Å². The van der Waals surface area contributed by atoms with Crippen LogP contribution in [-0.4, -0.2) is 17.1 Å². The topological polar surface area (TPSA) is 48.1 Å². The van der Waals surface area contributed by atoms with E-state index >= 15 is 0 Å². The minimum atomic E-state index is 0.0809. The number of aromatic nitrogens is 1. The molecule has 1 aromatic rings. The molecule has 0 bridgehead atoms. The highest BCUT2D eigenvalue weighted by atomic mass is 16.5. The molecule has 64 valence electrons. The molecule has 0 saturated carbocycles. The second kappa shape index (κ2) is 2.75. The molecule has 1 aliphatic heterocycles. The van der Waals surface area contributed by atoms with Gasteiger partial charge in [0.2, 0.25) is 0 Å². The number of hydrogen-bond donors (Lipinski definition) is 1. The van der Waals surface area contributed by atoms with Gasteiger partial charge in [0, 0.05) is 30.4 Å². The lowest BCUT2D eigenvalue weighted by molar-refractivity contribution is 0.206. The van der Waals surface area contributed by atoms with Crippen LogP contribution in [0.15, 0.2) is 18.5 Å². The van der Waals surface area contributed by atoms with Crippen LogP contribution in [0, 0.1) is 0 Å². The van der Waals surface area contributed by atoms with Crippen molar-refractivity contribution in [2.75, 3.05) is 0 Å². The molecule has 3 nitrogen and oxygen atoms in total. The van der Waals surface area contributed by atoms with Crippen molar-refractivity contribution in [1.29, 1.82) is 0 Å². The van der Waals surface area contributed by atoms with Crippen molar-refractivity contribution in [2.24, 2.45) is 5.73 Å². The zero-order valence-corrected chi connectivity index (χ0v) is 7.03. The molecule has 3 heteroatoms. The molecule has 0 spiro atoms. The molecule has 2 rings (SSSR count). The van der Waals surface area contributed by atoms with Gasteiger partial charge in [0.05, 0.1) is 0 Å². The molecule has 12 heavy (non-hydrogen) atoms. The van der Waals surface area contributed by atoms with E-state index in [4.69, 9.17) is 10.5 Å². The minimum absolute atomic E-state index is 0.0809. The normalized spacial score (nSPS) is 23.0. The third-order valence-corrected chi connectivity index (χ3v) is 2.14. The summed E-state index contributed by atoms with van der Waals surface area (Å²) in [6.45, 7) is 1.96. The molecule has 0 radical (unpaired) electrons. The van der Waals surface area contributed by atoms with E-state index in [1.54, 1.807) is 6.20 Å². The van der Waals surface area contributed by atoms with Crippen LogP contribution in [0.4, 0.5) is 0 Å². The van der Waals surface area contributed by atoms with E-state index in [0.717, 1.165) is 12.2 Å². The van der Waals surface area contributed by atoms with E-state index in [-0.39, 0.29) is 12.1 Å². The molecule has 0 aliphatic carbocycles. The molecule has 0 aromatic carbocycles. The lowest BCUT2D eigenvalue weighted by atomic mass is 10.1. The summed E-state index contributed by atoms with van der Waals surface area (Å²) in [6.07, 6.45) is 4.60. The van der Waals surface area contributed by atoms with Crippen molar-refractivity contribution in [3.63, 3.8) is 0 Å². The van der Waals surface area contributed by atoms with Gasteiger partial charge < -0.3 is 10.5 Å². The van der Waals surface area contributed by atoms with Gasteiger partial charge in [-0.15, -0.1) is 0 Å². The maximum Gasteiger partial charge on any atom is 0.126 e. The Balaban J connectivity index is 2.22. The largest absolute Gasteiger partial charge is 0.488 e. The summed E-state index contributed by atoms with van der Waals surface area (Å²) in [5.41, 5.74) is 6.90. The molecule has 1 aromatic heterocycles. The summed E-state index contributed by atoms with van der Waals surface area (Å²) in [6, 6.07) is 1.97. The molecule has 0 saturated heterocycles. The number of nitrogens with zero attached hydrogens (tertiary/aromatic N) is 1. The first kappa shape index (κ1) is 7.55. The fourth-order valence-corrected chi connectivity index (χ4v) is 1.40. The predicted octanol–water partition coefficient (Wildman–Crippen LogP) is 0.732. The van der Waals surface area contributed by atoms with Gasteiger partial charge in [-0.2, -0.15) is 0 Å². The van der Waals surface area contributed by atoms with Gasteiger partial charge in [-0.1, -0.05) is 0 Å². The molecule has 2 unspecified atom stereocenters. The smallest absolute Gasteiger partial charge is 0.126 e.